The molecular formula is C54H32N2O2. The Balaban J connectivity index is 1.16. The molecule has 0 saturated carbocycles. The van der Waals surface area contributed by atoms with Crippen LogP contribution in [0, 0.1) is 0 Å². The Morgan fingerprint density at radius 1 is 0.293 bits per heavy atom. The van der Waals surface area contributed by atoms with Crippen molar-refractivity contribution in [1.82, 2.24) is 9.97 Å². The molecule has 0 N–H and O–H groups in total. The van der Waals surface area contributed by atoms with Gasteiger partial charge in [-0.05, 0) is 74.1 Å². The van der Waals surface area contributed by atoms with Gasteiger partial charge in [0.05, 0.1) is 11.4 Å². The molecule has 58 heavy (non-hydrogen) atoms. The van der Waals surface area contributed by atoms with Crippen LogP contribution in [0.3, 0.4) is 0 Å². The monoisotopic (exact) mass is 740 g/mol. The Morgan fingerprint density at radius 3 is 1.22 bits per heavy atom. The molecule has 4 heteroatoms. The third-order valence-electron chi connectivity index (χ3n) is 11.5. The molecule has 0 spiro atoms. The van der Waals surface area contributed by atoms with E-state index in [4.69, 9.17) is 18.8 Å². The first kappa shape index (κ1) is 32.4. The minimum Gasteiger partial charge on any atom is -0.455 e. The average molecular weight is 741 g/mol. The molecule has 0 bridgehead atoms. The van der Waals surface area contributed by atoms with Gasteiger partial charge in [-0.25, -0.2) is 9.97 Å². The van der Waals surface area contributed by atoms with E-state index in [1.807, 2.05) is 24.3 Å². The van der Waals surface area contributed by atoms with Crippen molar-refractivity contribution >= 4 is 65.4 Å². The minimum absolute atomic E-state index is 0.615. The number of hydrogen-bond donors (Lipinski definition) is 0. The topological polar surface area (TPSA) is 52.1 Å². The molecule has 0 atom stereocenters. The minimum atomic E-state index is 0.615. The molecule has 0 fully saturated rings. The van der Waals surface area contributed by atoms with E-state index in [-0.39, 0.29) is 0 Å². The Bertz CT molecular complexity index is 3390. The van der Waals surface area contributed by atoms with Gasteiger partial charge in [-0.1, -0.05) is 164 Å². The maximum atomic E-state index is 6.60. The molecule has 0 aliphatic carbocycles. The summed E-state index contributed by atoms with van der Waals surface area (Å²) in [5, 5.41) is 8.97. The van der Waals surface area contributed by atoms with Crippen molar-refractivity contribution in [2.24, 2.45) is 0 Å². The SMILES string of the molecule is c1ccc(-c2c3ccccc3c(-c3ccccc3-c3nc(-c4cccc5c4oc4ccccc45)cc(-c4cccc5c4oc4ccccc45)n3)c3ccccc23)cc1. The van der Waals surface area contributed by atoms with Crippen LogP contribution in [0.1, 0.15) is 0 Å². The van der Waals surface area contributed by atoms with Gasteiger partial charge in [-0.15, -0.1) is 0 Å². The van der Waals surface area contributed by atoms with Crippen molar-refractivity contribution in [3.8, 4) is 56.2 Å². The quantitative estimate of drug-likeness (QED) is 0.165. The van der Waals surface area contributed by atoms with Crippen molar-refractivity contribution in [3.63, 3.8) is 0 Å². The van der Waals surface area contributed by atoms with Gasteiger partial charge in [0.1, 0.15) is 22.3 Å². The van der Waals surface area contributed by atoms with Crippen LogP contribution in [0.2, 0.25) is 0 Å². The van der Waals surface area contributed by atoms with Gasteiger partial charge in [0.2, 0.25) is 0 Å². The van der Waals surface area contributed by atoms with E-state index in [2.05, 4.69) is 170 Å². The molecule has 0 radical (unpaired) electrons. The number of furan rings is 2. The summed E-state index contributed by atoms with van der Waals surface area (Å²) in [5.74, 6) is 0.615. The first-order valence-corrected chi connectivity index (χ1v) is 19.6. The van der Waals surface area contributed by atoms with Crippen molar-refractivity contribution in [2.45, 2.75) is 0 Å². The summed E-state index contributed by atoms with van der Waals surface area (Å²) in [6.45, 7) is 0. The normalized spacial score (nSPS) is 11.8. The zero-order chi connectivity index (χ0) is 38.2. The second-order valence-corrected chi connectivity index (χ2v) is 14.8. The molecule has 0 amide bonds. The average Bonchev–Trinajstić information content (AvgIpc) is 3.87. The molecule has 0 aliphatic rings. The number of benzene rings is 9. The van der Waals surface area contributed by atoms with E-state index in [1.165, 1.54) is 32.7 Å². The second kappa shape index (κ2) is 12.9. The van der Waals surface area contributed by atoms with Gasteiger partial charge < -0.3 is 8.83 Å². The molecule has 9 aromatic carbocycles. The van der Waals surface area contributed by atoms with E-state index in [0.29, 0.717) is 5.82 Å². The molecule has 12 rings (SSSR count). The lowest BCUT2D eigenvalue weighted by Crippen LogP contribution is -1.98. The number of rotatable bonds is 5. The molecule has 12 aromatic rings. The largest absolute Gasteiger partial charge is 0.455 e. The van der Waals surface area contributed by atoms with Crippen LogP contribution in [0.25, 0.3) is 122 Å². The van der Waals surface area contributed by atoms with E-state index in [9.17, 15) is 0 Å². The fourth-order valence-electron chi connectivity index (χ4n) is 8.97. The third-order valence-corrected chi connectivity index (χ3v) is 11.5. The zero-order valence-corrected chi connectivity index (χ0v) is 31.2. The summed E-state index contributed by atoms with van der Waals surface area (Å²) < 4.78 is 13.2. The zero-order valence-electron chi connectivity index (χ0n) is 31.2. The van der Waals surface area contributed by atoms with Crippen LogP contribution in [-0.2, 0) is 0 Å². The fraction of sp³-hybridized carbons (Fsp3) is 0. The highest BCUT2D eigenvalue weighted by molar-refractivity contribution is 6.22. The highest BCUT2D eigenvalue weighted by atomic mass is 16.3. The summed E-state index contributed by atoms with van der Waals surface area (Å²) >= 11 is 0. The molecule has 270 valence electrons. The summed E-state index contributed by atoms with van der Waals surface area (Å²) in [6, 6.07) is 67.8. The summed E-state index contributed by atoms with van der Waals surface area (Å²) in [6.07, 6.45) is 0. The molecule has 4 nitrogen and oxygen atoms in total. The Labute approximate surface area is 333 Å². The van der Waals surface area contributed by atoms with E-state index >= 15 is 0 Å². The van der Waals surface area contributed by atoms with Gasteiger partial charge in [0, 0.05) is 38.2 Å². The van der Waals surface area contributed by atoms with Crippen LogP contribution in [-0.4, -0.2) is 9.97 Å². The molecule has 0 aliphatic heterocycles. The molecule has 0 saturated heterocycles. The Kier molecular flexibility index (Phi) is 7.20. The lowest BCUT2D eigenvalue weighted by atomic mass is 9.84. The van der Waals surface area contributed by atoms with Crippen LogP contribution in [0.4, 0.5) is 0 Å². The van der Waals surface area contributed by atoms with Crippen LogP contribution in [0.5, 0.6) is 0 Å². The number of fused-ring (bicyclic) bond motifs is 8. The Morgan fingerprint density at radius 2 is 0.690 bits per heavy atom. The fourth-order valence-corrected chi connectivity index (χ4v) is 8.97. The van der Waals surface area contributed by atoms with Crippen LogP contribution in [0.15, 0.2) is 203 Å². The van der Waals surface area contributed by atoms with Crippen molar-refractivity contribution in [2.75, 3.05) is 0 Å². The first-order chi connectivity index (χ1) is 28.8. The maximum Gasteiger partial charge on any atom is 0.161 e. The number of aromatic nitrogens is 2. The van der Waals surface area contributed by atoms with Gasteiger partial charge in [-0.3, -0.25) is 0 Å². The summed E-state index contributed by atoms with van der Waals surface area (Å²) in [7, 11) is 0. The lowest BCUT2D eigenvalue weighted by molar-refractivity contribution is 0.669. The van der Waals surface area contributed by atoms with Gasteiger partial charge >= 0.3 is 0 Å². The molecular weight excluding hydrogens is 709 g/mol. The summed E-state index contributed by atoms with van der Waals surface area (Å²) in [4.78, 5) is 10.9. The van der Waals surface area contributed by atoms with Crippen molar-refractivity contribution in [3.05, 3.63) is 194 Å². The standard InChI is InChI=1S/C54H32N2O2/c1-2-16-33(17-3-1)50-36-20-4-6-22-38(36)51(39-23-7-5-21-37(39)50)40-24-8-9-25-43(40)54-55-46(44-28-14-26-41-34-18-10-12-30-48(34)57-52(41)44)32-47(56-54)45-29-15-27-42-35-19-11-13-31-49(35)58-53(42)45/h1-32H. The Hall–Kier alpha value is -7.82. The number of para-hydroxylation sites is 4. The van der Waals surface area contributed by atoms with Crippen molar-refractivity contribution < 1.29 is 8.83 Å². The second-order valence-electron chi connectivity index (χ2n) is 14.8. The van der Waals surface area contributed by atoms with Gasteiger partial charge in [0.25, 0.3) is 0 Å². The van der Waals surface area contributed by atoms with Crippen molar-refractivity contribution in [1.29, 1.82) is 0 Å². The number of hydrogen-bond acceptors (Lipinski definition) is 4. The van der Waals surface area contributed by atoms with Gasteiger partial charge in [-0.2, -0.15) is 0 Å². The number of nitrogens with zero attached hydrogens (tertiary/aromatic N) is 2. The van der Waals surface area contributed by atoms with Crippen LogP contribution >= 0.6 is 0 Å². The molecule has 3 aromatic heterocycles. The predicted molar refractivity (Wildman–Crippen MR) is 239 cm³/mol. The van der Waals surface area contributed by atoms with E-state index in [1.54, 1.807) is 0 Å². The molecule has 3 heterocycles. The van der Waals surface area contributed by atoms with Gasteiger partial charge in [0.15, 0.2) is 5.82 Å². The predicted octanol–water partition coefficient (Wildman–Crippen LogP) is 14.9. The highest BCUT2D eigenvalue weighted by Crippen LogP contribution is 2.47. The van der Waals surface area contributed by atoms with E-state index in [0.717, 1.165) is 83.1 Å². The first-order valence-electron chi connectivity index (χ1n) is 19.6. The maximum absolute atomic E-state index is 6.60. The molecule has 0 unspecified atom stereocenters. The van der Waals surface area contributed by atoms with Crippen LogP contribution < -0.4 is 0 Å². The van der Waals surface area contributed by atoms with E-state index < -0.39 is 0 Å². The highest BCUT2D eigenvalue weighted by Gasteiger charge is 2.23. The third kappa shape index (κ3) is 4.95. The summed E-state index contributed by atoms with van der Waals surface area (Å²) in [5.41, 5.74) is 12.2. The lowest BCUT2D eigenvalue weighted by Gasteiger charge is -2.19. The smallest absolute Gasteiger partial charge is 0.161 e.